The summed E-state index contributed by atoms with van der Waals surface area (Å²) >= 11 is 0. The van der Waals surface area contributed by atoms with Crippen LogP contribution in [0.5, 0.6) is 0 Å². The van der Waals surface area contributed by atoms with Gasteiger partial charge in [-0.1, -0.05) is 44.2 Å². The lowest BCUT2D eigenvalue weighted by Gasteiger charge is -2.41. The number of ether oxygens (including phenoxy) is 1. The Morgan fingerprint density at radius 2 is 1.85 bits per heavy atom. The lowest BCUT2D eigenvalue weighted by Crippen LogP contribution is -3.00. The van der Waals surface area contributed by atoms with Crippen LogP contribution in [0.2, 0.25) is 0 Å². The highest BCUT2D eigenvalue weighted by atomic mass is 127. The molecule has 1 aromatic carbocycles. The van der Waals surface area contributed by atoms with Gasteiger partial charge in [-0.2, -0.15) is 0 Å². The fraction of sp³-hybridized carbons (Fsp3) is 0.650. The highest BCUT2D eigenvalue weighted by molar-refractivity contribution is 5.81. The number of esters is 1. The summed E-state index contributed by atoms with van der Waals surface area (Å²) < 4.78 is 6.88. The molecule has 2 unspecified atom stereocenters. The predicted octanol–water partition coefficient (Wildman–Crippen LogP) is -1.39. The van der Waals surface area contributed by atoms with Crippen LogP contribution >= 0.6 is 0 Å². The van der Waals surface area contributed by atoms with Crippen LogP contribution in [0.15, 0.2) is 30.3 Å². The molecule has 0 aromatic heterocycles. The molecule has 1 aromatic rings. The Labute approximate surface area is 173 Å². The molecule has 0 saturated carbocycles. The maximum atomic E-state index is 12.9. The Balaban J connectivity index is 0.00000243. The van der Waals surface area contributed by atoms with Crippen LogP contribution in [-0.4, -0.2) is 72.9 Å². The van der Waals surface area contributed by atoms with Gasteiger partial charge in [-0.05, 0) is 18.5 Å². The van der Waals surface area contributed by atoms with Crippen molar-refractivity contribution in [3.05, 3.63) is 35.9 Å². The SMILES string of the molecule is CC(C)C(O)(C(=O)OC1CC[N+]2(CCN(C)CC2)C1)c1ccccc1.[I-]. The summed E-state index contributed by atoms with van der Waals surface area (Å²) in [5.74, 6) is -0.761. The molecule has 2 heterocycles. The summed E-state index contributed by atoms with van der Waals surface area (Å²) in [6.07, 6.45) is 0.795. The lowest BCUT2D eigenvalue weighted by molar-refractivity contribution is -0.921. The van der Waals surface area contributed by atoms with Gasteiger partial charge in [-0.25, -0.2) is 4.79 Å². The zero-order valence-corrected chi connectivity index (χ0v) is 18.2. The zero-order valence-electron chi connectivity index (χ0n) is 16.0. The molecule has 1 N–H and O–H groups in total. The zero-order chi connectivity index (χ0) is 18.1. The molecule has 3 rings (SSSR count). The van der Waals surface area contributed by atoms with Gasteiger partial charge in [0.2, 0.25) is 0 Å². The molecule has 1 spiro atoms. The standard InChI is InChI=1S/C20H31N2O3.HI/c1-16(2)20(24,17-7-5-4-6-8-17)19(23)25-18-9-12-22(15-18)13-10-21(3)11-14-22;/h4-8,16,18,24H,9-15H2,1-3H3;1H/q+1;/p-1. The Bertz CT molecular complexity index is 602. The third-order valence-corrected chi connectivity index (χ3v) is 6.06. The first-order chi connectivity index (χ1) is 11.9. The van der Waals surface area contributed by atoms with Crippen molar-refractivity contribution in [3.8, 4) is 0 Å². The highest BCUT2D eigenvalue weighted by Gasteiger charge is 2.47. The summed E-state index contributed by atoms with van der Waals surface area (Å²) in [5.41, 5.74) is -0.979. The largest absolute Gasteiger partial charge is 1.00 e. The van der Waals surface area contributed by atoms with Gasteiger partial charge in [-0.15, -0.1) is 0 Å². The van der Waals surface area contributed by atoms with Gasteiger partial charge < -0.3 is 38.3 Å². The molecule has 26 heavy (non-hydrogen) atoms. The molecule has 146 valence electrons. The Morgan fingerprint density at radius 3 is 2.42 bits per heavy atom. The van der Waals surface area contributed by atoms with Crippen LogP contribution in [0.4, 0.5) is 0 Å². The minimum absolute atomic E-state index is 0. The van der Waals surface area contributed by atoms with Gasteiger partial charge in [0.25, 0.3) is 0 Å². The van der Waals surface area contributed by atoms with Crippen molar-refractivity contribution < 1.29 is 43.1 Å². The minimum Gasteiger partial charge on any atom is -1.00 e. The van der Waals surface area contributed by atoms with Crippen molar-refractivity contribution in [2.45, 2.75) is 32.0 Å². The summed E-state index contributed by atoms with van der Waals surface area (Å²) in [6, 6.07) is 9.16. The van der Waals surface area contributed by atoms with Crippen LogP contribution in [-0.2, 0) is 15.1 Å². The van der Waals surface area contributed by atoms with Gasteiger partial charge in [0.05, 0.1) is 19.6 Å². The van der Waals surface area contributed by atoms with Crippen LogP contribution in [0.25, 0.3) is 0 Å². The number of aliphatic hydroxyl groups is 1. The molecule has 0 aliphatic carbocycles. The highest BCUT2D eigenvalue weighted by Crippen LogP contribution is 2.33. The Morgan fingerprint density at radius 1 is 1.23 bits per heavy atom. The maximum absolute atomic E-state index is 12.9. The summed E-state index contributed by atoms with van der Waals surface area (Å²) in [5, 5.41) is 11.1. The van der Waals surface area contributed by atoms with E-state index in [1.165, 1.54) is 0 Å². The first kappa shape index (κ1) is 21.6. The minimum atomic E-state index is -1.59. The van der Waals surface area contributed by atoms with Gasteiger partial charge >= 0.3 is 5.97 Å². The van der Waals surface area contributed by atoms with E-state index < -0.39 is 11.6 Å². The van der Waals surface area contributed by atoms with E-state index >= 15 is 0 Å². The second-order valence-corrected chi connectivity index (χ2v) is 8.10. The van der Waals surface area contributed by atoms with Crippen molar-refractivity contribution >= 4 is 5.97 Å². The van der Waals surface area contributed by atoms with E-state index in [2.05, 4.69) is 11.9 Å². The number of benzene rings is 1. The van der Waals surface area contributed by atoms with E-state index in [0.29, 0.717) is 5.56 Å². The fourth-order valence-corrected chi connectivity index (χ4v) is 4.14. The van der Waals surface area contributed by atoms with E-state index in [4.69, 9.17) is 4.74 Å². The van der Waals surface area contributed by atoms with Gasteiger partial charge in [0, 0.05) is 19.5 Å². The second-order valence-electron chi connectivity index (χ2n) is 8.10. The van der Waals surface area contributed by atoms with Crippen LogP contribution in [0.3, 0.4) is 0 Å². The topological polar surface area (TPSA) is 49.8 Å². The summed E-state index contributed by atoms with van der Waals surface area (Å²) in [6.45, 7) is 10.1. The number of piperazine rings is 1. The average molecular weight is 474 g/mol. The molecule has 2 atom stereocenters. The molecule has 0 amide bonds. The number of rotatable bonds is 4. The van der Waals surface area contributed by atoms with Crippen molar-refractivity contribution in [1.82, 2.24) is 4.90 Å². The monoisotopic (exact) mass is 474 g/mol. The number of halogens is 1. The third-order valence-electron chi connectivity index (χ3n) is 6.06. The van der Waals surface area contributed by atoms with Gasteiger partial charge in [0.15, 0.2) is 11.7 Å². The number of hydrogen-bond donors (Lipinski definition) is 1. The molecule has 2 fully saturated rings. The molecule has 0 bridgehead atoms. The number of carbonyl (C=O) groups excluding carboxylic acids is 1. The first-order valence-corrected chi connectivity index (χ1v) is 9.38. The molecular weight excluding hydrogens is 443 g/mol. The molecular formula is C20H31IN2O3. The normalized spacial score (nSPS) is 24.9. The second kappa shape index (κ2) is 8.54. The van der Waals surface area contributed by atoms with Gasteiger partial charge in [0.1, 0.15) is 6.54 Å². The molecule has 2 aliphatic rings. The maximum Gasteiger partial charge on any atom is 0.343 e. The Kier molecular flexibility index (Phi) is 7.10. The predicted molar refractivity (Wildman–Crippen MR) is 96.9 cm³/mol. The third kappa shape index (κ3) is 4.24. The van der Waals surface area contributed by atoms with Gasteiger partial charge in [-0.3, -0.25) is 4.90 Å². The fourth-order valence-electron chi connectivity index (χ4n) is 4.14. The van der Waals surface area contributed by atoms with Crippen LogP contribution in [0, 0.1) is 5.92 Å². The van der Waals surface area contributed by atoms with Crippen LogP contribution < -0.4 is 24.0 Å². The summed E-state index contributed by atoms with van der Waals surface area (Å²) in [7, 11) is 2.16. The number of likely N-dealkylation sites (N-methyl/N-ethyl adjacent to an activating group) is 1. The smallest absolute Gasteiger partial charge is 0.343 e. The van der Waals surface area contributed by atoms with Crippen molar-refractivity contribution in [1.29, 1.82) is 0 Å². The van der Waals surface area contributed by atoms with E-state index in [1.54, 1.807) is 12.1 Å². The quantitative estimate of drug-likeness (QED) is 0.332. The number of hydrogen-bond acceptors (Lipinski definition) is 4. The number of carbonyl (C=O) groups is 1. The molecule has 2 saturated heterocycles. The average Bonchev–Trinajstić information content (AvgIpc) is 3.00. The molecule has 5 nitrogen and oxygen atoms in total. The van der Waals surface area contributed by atoms with E-state index in [9.17, 15) is 9.90 Å². The van der Waals surface area contributed by atoms with Crippen LogP contribution in [0.1, 0.15) is 25.8 Å². The van der Waals surface area contributed by atoms with Crippen molar-refractivity contribution in [2.75, 3.05) is 46.3 Å². The Hall–Kier alpha value is -0.700. The van der Waals surface area contributed by atoms with Crippen molar-refractivity contribution in [2.24, 2.45) is 5.92 Å². The van der Waals surface area contributed by atoms with E-state index in [1.807, 2.05) is 32.0 Å². The lowest BCUT2D eigenvalue weighted by atomic mass is 9.83. The molecule has 2 aliphatic heterocycles. The molecule has 6 heteroatoms. The summed E-state index contributed by atoms with van der Waals surface area (Å²) in [4.78, 5) is 15.3. The van der Waals surface area contributed by atoms with E-state index in [0.717, 1.165) is 50.2 Å². The van der Waals surface area contributed by atoms with E-state index in [-0.39, 0.29) is 36.0 Å². The number of nitrogens with zero attached hydrogens (tertiary/aromatic N) is 2. The molecule has 0 radical (unpaired) electrons. The van der Waals surface area contributed by atoms with Crippen molar-refractivity contribution in [3.63, 3.8) is 0 Å². The number of quaternary nitrogens is 1. The first-order valence-electron chi connectivity index (χ1n) is 9.38.